The Kier molecular flexibility index (Phi) is 10.7. The number of hydrogen-bond donors (Lipinski definition) is 3. The molecule has 2 saturated carbocycles. The Labute approximate surface area is 198 Å². The smallest absolute Gasteiger partial charge is 0.223 e. The summed E-state index contributed by atoms with van der Waals surface area (Å²) >= 11 is 0. The van der Waals surface area contributed by atoms with Gasteiger partial charge in [0.1, 0.15) is 5.75 Å². The number of guanidine groups is 1. The lowest BCUT2D eigenvalue weighted by Gasteiger charge is -2.24. The van der Waals surface area contributed by atoms with Crippen LogP contribution in [0, 0.1) is 12.8 Å². The van der Waals surface area contributed by atoms with E-state index in [1.54, 1.807) is 7.05 Å². The summed E-state index contributed by atoms with van der Waals surface area (Å²) in [5.41, 5.74) is 2.37. The van der Waals surface area contributed by atoms with Gasteiger partial charge in [0.2, 0.25) is 5.91 Å². The fraction of sp³-hybridized carbons (Fsp3) is 0.652. The van der Waals surface area contributed by atoms with Crippen LogP contribution in [0.15, 0.2) is 23.2 Å². The zero-order valence-corrected chi connectivity index (χ0v) is 20.7. The predicted octanol–water partition coefficient (Wildman–Crippen LogP) is 3.91. The van der Waals surface area contributed by atoms with Crippen LogP contribution in [-0.4, -0.2) is 38.1 Å². The maximum atomic E-state index is 11.8. The van der Waals surface area contributed by atoms with Gasteiger partial charge in [-0.05, 0) is 63.5 Å². The predicted molar refractivity (Wildman–Crippen MR) is 133 cm³/mol. The molecule has 0 atom stereocenters. The Morgan fingerprint density at radius 2 is 1.80 bits per heavy atom. The number of nitrogens with one attached hydrogen (secondary N) is 3. The first kappa shape index (κ1) is 24.8. The van der Waals surface area contributed by atoms with Gasteiger partial charge in [-0.15, -0.1) is 24.0 Å². The number of ether oxygens (including phenoxy) is 1. The second-order valence-corrected chi connectivity index (χ2v) is 8.26. The maximum absolute atomic E-state index is 11.8. The molecule has 2 aliphatic carbocycles. The van der Waals surface area contributed by atoms with Crippen LogP contribution >= 0.6 is 24.0 Å². The van der Waals surface area contributed by atoms with Crippen LogP contribution in [0.4, 0.5) is 0 Å². The van der Waals surface area contributed by atoms with Gasteiger partial charge in [-0.1, -0.05) is 18.6 Å². The average molecular weight is 528 g/mol. The standard InChI is InChI=1S/C23H36N4O2.HI/c1-17-11-12-19(21(15-17)29-20-9-3-4-10-20)16-27-23(24-2)26-14-6-13-25-22(28)18-7-5-8-18;/h11-12,15,18,20H,3-10,13-14,16H2,1-2H3,(H,25,28)(H2,24,26,27);1H. The summed E-state index contributed by atoms with van der Waals surface area (Å²) < 4.78 is 6.28. The first-order valence-electron chi connectivity index (χ1n) is 11.1. The van der Waals surface area contributed by atoms with Gasteiger partial charge in [0.15, 0.2) is 5.96 Å². The molecule has 1 aromatic carbocycles. The second-order valence-electron chi connectivity index (χ2n) is 8.26. The molecule has 3 rings (SSSR count). The van der Waals surface area contributed by atoms with Gasteiger partial charge >= 0.3 is 0 Å². The molecule has 0 aliphatic heterocycles. The molecular formula is C23H37IN4O2. The Bertz CT molecular complexity index is 700. The van der Waals surface area contributed by atoms with Crippen LogP contribution in [0.3, 0.4) is 0 Å². The summed E-state index contributed by atoms with van der Waals surface area (Å²) in [4.78, 5) is 16.1. The Balaban J connectivity index is 0.00000320. The van der Waals surface area contributed by atoms with Crippen molar-refractivity contribution in [2.45, 2.75) is 70.9 Å². The summed E-state index contributed by atoms with van der Waals surface area (Å²) in [6.07, 6.45) is 9.35. The monoisotopic (exact) mass is 528 g/mol. The highest BCUT2D eigenvalue weighted by atomic mass is 127. The average Bonchev–Trinajstić information content (AvgIpc) is 3.17. The van der Waals surface area contributed by atoms with Crippen molar-refractivity contribution in [2.75, 3.05) is 20.1 Å². The van der Waals surface area contributed by atoms with Gasteiger partial charge in [-0.2, -0.15) is 0 Å². The zero-order valence-electron chi connectivity index (χ0n) is 18.3. The van der Waals surface area contributed by atoms with Gasteiger partial charge < -0.3 is 20.7 Å². The van der Waals surface area contributed by atoms with Crippen molar-refractivity contribution in [2.24, 2.45) is 10.9 Å². The van der Waals surface area contributed by atoms with E-state index in [1.807, 2.05) is 0 Å². The van der Waals surface area contributed by atoms with Gasteiger partial charge in [-0.25, -0.2) is 0 Å². The fourth-order valence-electron chi connectivity index (χ4n) is 3.82. The molecule has 0 saturated heterocycles. The molecule has 0 aromatic heterocycles. The Hall–Kier alpha value is -1.51. The van der Waals surface area contributed by atoms with E-state index < -0.39 is 0 Å². The van der Waals surface area contributed by atoms with Crippen LogP contribution in [0.5, 0.6) is 5.75 Å². The molecule has 0 heterocycles. The molecule has 2 fully saturated rings. The third-order valence-electron chi connectivity index (χ3n) is 5.91. The van der Waals surface area contributed by atoms with Crippen LogP contribution < -0.4 is 20.7 Å². The number of aliphatic imine (C=N–C) groups is 1. The van der Waals surface area contributed by atoms with Crippen molar-refractivity contribution < 1.29 is 9.53 Å². The molecule has 1 aromatic rings. The number of amides is 1. The van der Waals surface area contributed by atoms with E-state index in [2.05, 4.69) is 46.1 Å². The molecular weight excluding hydrogens is 491 g/mol. The highest BCUT2D eigenvalue weighted by Crippen LogP contribution is 2.28. The number of carbonyl (C=O) groups is 1. The largest absolute Gasteiger partial charge is 0.490 e. The topological polar surface area (TPSA) is 74.8 Å². The normalized spacial score (nSPS) is 17.1. The van der Waals surface area contributed by atoms with Crippen molar-refractivity contribution in [3.8, 4) is 5.75 Å². The van der Waals surface area contributed by atoms with Crippen LogP contribution in [0.25, 0.3) is 0 Å². The summed E-state index contributed by atoms with van der Waals surface area (Å²) in [6.45, 7) is 4.24. The third kappa shape index (κ3) is 7.63. The number of nitrogens with zero attached hydrogens (tertiary/aromatic N) is 1. The van der Waals surface area contributed by atoms with Crippen molar-refractivity contribution >= 4 is 35.8 Å². The molecule has 6 nitrogen and oxygen atoms in total. The minimum absolute atomic E-state index is 0. The van der Waals surface area contributed by atoms with E-state index in [0.29, 0.717) is 19.2 Å². The highest BCUT2D eigenvalue weighted by Gasteiger charge is 2.24. The molecule has 1 amide bonds. The Morgan fingerprint density at radius 1 is 1.07 bits per heavy atom. The Morgan fingerprint density at radius 3 is 2.47 bits per heavy atom. The van der Waals surface area contributed by atoms with Gasteiger partial charge in [0, 0.05) is 38.2 Å². The molecule has 0 unspecified atom stereocenters. The molecule has 7 heteroatoms. The van der Waals surface area contributed by atoms with Crippen molar-refractivity contribution in [3.05, 3.63) is 29.3 Å². The minimum Gasteiger partial charge on any atom is -0.490 e. The van der Waals surface area contributed by atoms with Crippen LogP contribution in [0.1, 0.15) is 62.5 Å². The van der Waals surface area contributed by atoms with Gasteiger partial charge in [-0.3, -0.25) is 9.79 Å². The van der Waals surface area contributed by atoms with Gasteiger partial charge in [0.25, 0.3) is 0 Å². The van der Waals surface area contributed by atoms with E-state index in [4.69, 9.17) is 4.74 Å². The van der Waals surface area contributed by atoms with Crippen molar-refractivity contribution in [3.63, 3.8) is 0 Å². The third-order valence-corrected chi connectivity index (χ3v) is 5.91. The lowest BCUT2D eigenvalue weighted by molar-refractivity contribution is -0.127. The number of rotatable bonds is 9. The molecule has 3 N–H and O–H groups in total. The highest BCUT2D eigenvalue weighted by molar-refractivity contribution is 14.0. The molecule has 30 heavy (non-hydrogen) atoms. The molecule has 0 radical (unpaired) electrons. The van der Waals surface area contributed by atoms with E-state index in [-0.39, 0.29) is 35.8 Å². The minimum atomic E-state index is 0. The molecule has 168 valence electrons. The van der Waals surface area contributed by atoms with E-state index in [0.717, 1.165) is 55.9 Å². The van der Waals surface area contributed by atoms with Crippen molar-refractivity contribution in [1.29, 1.82) is 0 Å². The molecule has 0 bridgehead atoms. The summed E-state index contributed by atoms with van der Waals surface area (Å²) in [5, 5.41) is 9.72. The van der Waals surface area contributed by atoms with Gasteiger partial charge in [0.05, 0.1) is 6.10 Å². The number of halogens is 1. The maximum Gasteiger partial charge on any atom is 0.223 e. The summed E-state index contributed by atoms with van der Waals surface area (Å²) in [6, 6.07) is 6.39. The summed E-state index contributed by atoms with van der Waals surface area (Å²) in [5.74, 6) is 2.22. The van der Waals surface area contributed by atoms with E-state index in [9.17, 15) is 4.79 Å². The summed E-state index contributed by atoms with van der Waals surface area (Å²) in [7, 11) is 1.78. The quantitative estimate of drug-likeness (QED) is 0.197. The van der Waals surface area contributed by atoms with Crippen LogP contribution in [-0.2, 0) is 11.3 Å². The van der Waals surface area contributed by atoms with Crippen molar-refractivity contribution in [1.82, 2.24) is 16.0 Å². The van der Waals surface area contributed by atoms with E-state index >= 15 is 0 Å². The zero-order chi connectivity index (χ0) is 20.5. The first-order chi connectivity index (χ1) is 14.2. The molecule has 2 aliphatic rings. The lowest BCUT2D eigenvalue weighted by Crippen LogP contribution is -2.39. The fourth-order valence-corrected chi connectivity index (χ4v) is 3.82. The number of hydrogen-bond acceptors (Lipinski definition) is 3. The van der Waals surface area contributed by atoms with E-state index in [1.165, 1.54) is 24.8 Å². The lowest BCUT2D eigenvalue weighted by atomic mass is 9.85. The number of carbonyl (C=O) groups excluding carboxylic acids is 1. The SMILES string of the molecule is CN=C(NCCCNC(=O)C1CCC1)NCc1ccc(C)cc1OC1CCCC1.I. The first-order valence-corrected chi connectivity index (χ1v) is 11.1. The van der Waals surface area contributed by atoms with Crippen LogP contribution in [0.2, 0.25) is 0 Å². The second kappa shape index (κ2) is 13.0. The number of benzene rings is 1. The number of aryl methyl sites for hydroxylation is 1. The molecule has 0 spiro atoms.